The standard InChI is InChI=1S/C17H14F3N3O3S/c18-17(19,20)26-15-6-8-16(9-7-15)27(24,25)21-12-13-10-11-23(22-13)14-4-2-1-3-5-14/h1-11,21H,12H2. The Morgan fingerprint density at radius 1 is 1.00 bits per heavy atom. The van der Waals surface area contributed by atoms with Crippen molar-refractivity contribution in [3.8, 4) is 11.4 Å². The summed E-state index contributed by atoms with van der Waals surface area (Å²) >= 11 is 0. The van der Waals surface area contributed by atoms with Crippen molar-refractivity contribution in [2.45, 2.75) is 17.8 Å². The van der Waals surface area contributed by atoms with E-state index >= 15 is 0 Å². The third-order valence-corrected chi connectivity index (χ3v) is 4.89. The van der Waals surface area contributed by atoms with Gasteiger partial charge in [-0.25, -0.2) is 17.8 Å². The number of alkyl halides is 3. The van der Waals surface area contributed by atoms with E-state index in [2.05, 4.69) is 14.6 Å². The number of ether oxygens (including phenoxy) is 1. The van der Waals surface area contributed by atoms with Gasteiger partial charge in [0.2, 0.25) is 10.0 Å². The van der Waals surface area contributed by atoms with Crippen molar-refractivity contribution in [1.29, 1.82) is 0 Å². The zero-order valence-electron chi connectivity index (χ0n) is 13.7. The lowest BCUT2D eigenvalue weighted by Crippen LogP contribution is -2.23. The minimum absolute atomic E-state index is 0.0665. The molecule has 0 radical (unpaired) electrons. The van der Waals surface area contributed by atoms with Gasteiger partial charge in [-0.05, 0) is 42.5 Å². The van der Waals surface area contributed by atoms with E-state index in [-0.39, 0.29) is 11.4 Å². The first-order valence-electron chi connectivity index (χ1n) is 7.68. The van der Waals surface area contributed by atoms with Crippen molar-refractivity contribution in [3.05, 3.63) is 72.6 Å². The monoisotopic (exact) mass is 397 g/mol. The zero-order chi connectivity index (χ0) is 19.5. The van der Waals surface area contributed by atoms with Gasteiger partial charge in [0.1, 0.15) is 5.75 Å². The lowest BCUT2D eigenvalue weighted by atomic mass is 10.3. The predicted molar refractivity (Wildman–Crippen MR) is 90.7 cm³/mol. The molecular weight excluding hydrogens is 383 g/mol. The maximum atomic E-state index is 12.3. The molecule has 0 aliphatic rings. The van der Waals surface area contributed by atoms with Gasteiger partial charge in [0.25, 0.3) is 0 Å². The minimum atomic E-state index is -4.84. The fourth-order valence-corrected chi connectivity index (χ4v) is 3.25. The molecule has 1 aromatic heterocycles. The molecule has 2 aromatic carbocycles. The molecule has 6 nitrogen and oxygen atoms in total. The first-order chi connectivity index (χ1) is 12.7. The van der Waals surface area contributed by atoms with Crippen LogP contribution in [0.15, 0.2) is 71.8 Å². The second kappa shape index (κ2) is 7.41. The molecule has 0 saturated carbocycles. The van der Waals surface area contributed by atoms with Crippen LogP contribution in [0.5, 0.6) is 5.75 Å². The summed E-state index contributed by atoms with van der Waals surface area (Å²) in [5.74, 6) is -0.497. The van der Waals surface area contributed by atoms with Gasteiger partial charge in [-0.1, -0.05) is 18.2 Å². The van der Waals surface area contributed by atoms with Crippen molar-refractivity contribution in [2.24, 2.45) is 0 Å². The summed E-state index contributed by atoms with van der Waals surface area (Å²) in [5.41, 5.74) is 1.31. The number of aromatic nitrogens is 2. The maximum Gasteiger partial charge on any atom is 0.573 e. The molecule has 0 bridgehead atoms. The molecule has 0 amide bonds. The van der Waals surface area contributed by atoms with Crippen molar-refractivity contribution in [1.82, 2.24) is 14.5 Å². The normalized spacial score (nSPS) is 12.1. The highest BCUT2D eigenvalue weighted by molar-refractivity contribution is 7.89. The summed E-state index contributed by atoms with van der Waals surface area (Å²) in [6.07, 6.45) is -3.14. The summed E-state index contributed by atoms with van der Waals surface area (Å²) in [4.78, 5) is -0.181. The minimum Gasteiger partial charge on any atom is -0.406 e. The maximum absolute atomic E-state index is 12.3. The van der Waals surface area contributed by atoms with E-state index in [0.29, 0.717) is 5.69 Å². The fraction of sp³-hybridized carbons (Fsp3) is 0.118. The lowest BCUT2D eigenvalue weighted by molar-refractivity contribution is -0.274. The second-order valence-corrected chi connectivity index (χ2v) is 7.20. The molecule has 0 atom stereocenters. The number of rotatable bonds is 6. The number of benzene rings is 2. The lowest BCUT2D eigenvalue weighted by Gasteiger charge is -2.10. The third-order valence-electron chi connectivity index (χ3n) is 3.48. The molecule has 1 heterocycles. The molecule has 0 aliphatic heterocycles. The summed E-state index contributed by atoms with van der Waals surface area (Å²) in [6.45, 7) is -0.0665. The Bertz CT molecular complexity index is 1000. The Balaban J connectivity index is 1.66. The molecule has 0 unspecified atom stereocenters. The van der Waals surface area contributed by atoms with Gasteiger partial charge in [-0.15, -0.1) is 13.2 Å². The Morgan fingerprint density at radius 2 is 1.67 bits per heavy atom. The Hall–Kier alpha value is -2.85. The smallest absolute Gasteiger partial charge is 0.406 e. The van der Waals surface area contributed by atoms with Crippen LogP contribution < -0.4 is 9.46 Å². The largest absolute Gasteiger partial charge is 0.573 e. The van der Waals surface area contributed by atoms with Crippen molar-refractivity contribution >= 4 is 10.0 Å². The first kappa shape index (κ1) is 18.9. The summed E-state index contributed by atoms with van der Waals surface area (Å²) in [5, 5.41) is 4.28. The van der Waals surface area contributed by atoms with Crippen LogP contribution in [0.2, 0.25) is 0 Å². The average molecular weight is 397 g/mol. The molecule has 27 heavy (non-hydrogen) atoms. The highest BCUT2D eigenvalue weighted by atomic mass is 32.2. The van der Waals surface area contributed by atoms with Gasteiger partial charge < -0.3 is 4.74 Å². The topological polar surface area (TPSA) is 73.2 Å². The number of hydrogen-bond donors (Lipinski definition) is 1. The fourth-order valence-electron chi connectivity index (χ4n) is 2.25. The molecule has 0 fully saturated rings. The SMILES string of the molecule is O=S(=O)(NCc1ccn(-c2ccccc2)n1)c1ccc(OC(F)(F)F)cc1. The van der Waals surface area contributed by atoms with Gasteiger partial charge in [-0.2, -0.15) is 5.10 Å². The average Bonchev–Trinajstić information content (AvgIpc) is 3.09. The Kier molecular flexibility index (Phi) is 5.19. The summed E-state index contributed by atoms with van der Waals surface area (Å²) < 4.78 is 68.7. The predicted octanol–water partition coefficient (Wildman–Crippen LogP) is 3.25. The van der Waals surface area contributed by atoms with E-state index < -0.39 is 22.1 Å². The van der Waals surface area contributed by atoms with Crippen LogP contribution in [0.1, 0.15) is 5.69 Å². The van der Waals surface area contributed by atoms with Crippen LogP contribution in [0.4, 0.5) is 13.2 Å². The van der Waals surface area contributed by atoms with Crippen LogP contribution >= 0.6 is 0 Å². The molecule has 0 aliphatic carbocycles. The number of para-hydroxylation sites is 1. The number of hydrogen-bond acceptors (Lipinski definition) is 4. The number of nitrogens with one attached hydrogen (secondary N) is 1. The molecule has 10 heteroatoms. The van der Waals surface area contributed by atoms with Crippen LogP contribution in [-0.2, 0) is 16.6 Å². The van der Waals surface area contributed by atoms with Crippen molar-refractivity contribution in [3.63, 3.8) is 0 Å². The number of halogens is 3. The second-order valence-electron chi connectivity index (χ2n) is 5.43. The number of sulfonamides is 1. The highest BCUT2D eigenvalue weighted by Crippen LogP contribution is 2.23. The van der Waals surface area contributed by atoms with Crippen LogP contribution in [0.25, 0.3) is 5.69 Å². The van der Waals surface area contributed by atoms with E-state index in [1.807, 2.05) is 30.3 Å². The Labute approximate surface area is 153 Å². The van der Waals surface area contributed by atoms with E-state index in [0.717, 1.165) is 30.0 Å². The molecule has 0 spiro atoms. The van der Waals surface area contributed by atoms with E-state index in [9.17, 15) is 21.6 Å². The van der Waals surface area contributed by atoms with Crippen LogP contribution in [0, 0.1) is 0 Å². The summed E-state index contributed by atoms with van der Waals surface area (Å²) in [7, 11) is -3.91. The quantitative estimate of drug-likeness (QED) is 0.693. The van der Waals surface area contributed by atoms with Crippen LogP contribution in [-0.4, -0.2) is 24.6 Å². The Morgan fingerprint density at radius 3 is 2.30 bits per heavy atom. The van der Waals surface area contributed by atoms with E-state index in [4.69, 9.17) is 0 Å². The van der Waals surface area contributed by atoms with Gasteiger partial charge >= 0.3 is 6.36 Å². The molecule has 1 N–H and O–H groups in total. The molecular formula is C17H14F3N3O3S. The zero-order valence-corrected chi connectivity index (χ0v) is 14.5. The molecule has 0 saturated heterocycles. The molecule has 3 aromatic rings. The summed E-state index contributed by atoms with van der Waals surface area (Å²) in [6, 6.07) is 14.9. The van der Waals surface area contributed by atoms with Crippen LogP contribution in [0.3, 0.4) is 0 Å². The van der Waals surface area contributed by atoms with Crippen molar-refractivity contribution < 1.29 is 26.3 Å². The first-order valence-corrected chi connectivity index (χ1v) is 9.17. The third kappa shape index (κ3) is 5.08. The van der Waals surface area contributed by atoms with Gasteiger partial charge in [-0.3, -0.25) is 0 Å². The molecule has 142 valence electrons. The number of nitrogens with zero attached hydrogens (tertiary/aromatic N) is 2. The van der Waals surface area contributed by atoms with Crippen molar-refractivity contribution in [2.75, 3.05) is 0 Å². The van der Waals surface area contributed by atoms with Gasteiger partial charge in [0.15, 0.2) is 0 Å². The van der Waals surface area contributed by atoms with E-state index in [1.165, 1.54) is 0 Å². The van der Waals surface area contributed by atoms with Gasteiger partial charge in [0.05, 0.1) is 22.8 Å². The van der Waals surface area contributed by atoms with E-state index in [1.54, 1.807) is 16.9 Å². The molecule has 3 rings (SSSR count). The van der Waals surface area contributed by atoms with Gasteiger partial charge in [0, 0.05) is 6.20 Å². The highest BCUT2D eigenvalue weighted by Gasteiger charge is 2.31.